The molecule has 0 aromatic heterocycles. The van der Waals surface area contributed by atoms with Gasteiger partial charge >= 0.3 is 0 Å². The average molecular weight is 362 g/mol. The lowest BCUT2D eigenvalue weighted by molar-refractivity contribution is 0.0833. The fourth-order valence-electron chi connectivity index (χ4n) is 3.26. The second kappa shape index (κ2) is 6.77. The van der Waals surface area contributed by atoms with Gasteiger partial charge in [-0.25, -0.2) is 0 Å². The number of benzene rings is 3. The lowest BCUT2D eigenvalue weighted by atomic mass is 10.0. The van der Waals surface area contributed by atoms with E-state index in [0.29, 0.717) is 16.1 Å². The van der Waals surface area contributed by atoms with Gasteiger partial charge in [-0.1, -0.05) is 72.3 Å². The number of rotatable bonds is 4. The first-order chi connectivity index (χ1) is 12.7. The van der Waals surface area contributed by atoms with Crippen LogP contribution in [0.25, 0.3) is 0 Å². The number of halogens is 1. The standard InChI is InChI=1S/C22H16ClNO2/c23-18-13-11-15(12-14-18)19-20(21(25)16-7-3-1-4-8-16)24(19)22(26)17-9-5-2-6-10-17/h1-14,19-20H/t19-,20+,24?/m1/s1. The average Bonchev–Trinajstić information content (AvgIpc) is 3.44. The Bertz CT molecular complexity index is 881. The Hall–Kier alpha value is -2.91. The zero-order chi connectivity index (χ0) is 18.1. The van der Waals surface area contributed by atoms with E-state index in [0.717, 1.165) is 5.56 Å². The minimum absolute atomic E-state index is 0.0465. The fraction of sp³-hybridized carbons (Fsp3) is 0.0909. The number of Topliss-reactive ketones (excluding diaryl/α,β-unsaturated/α-hetero) is 1. The largest absolute Gasteiger partial charge is 0.316 e. The van der Waals surface area contributed by atoms with Crippen LogP contribution in [0.3, 0.4) is 0 Å². The quantitative estimate of drug-likeness (QED) is 0.495. The Balaban J connectivity index is 1.68. The normalized spacial score (nSPS) is 18.4. The van der Waals surface area contributed by atoms with Crippen LogP contribution in [0.4, 0.5) is 0 Å². The van der Waals surface area contributed by atoms with Gasteiger partial charge in [-0.3, -0.25) is 9.59 Å². The van der Waals surface area contributed by atoms with Gasteiger partial charge in [-0.15, -0.1) is 0 Å². The number of hydrogen-bond donors (Lipinski definition) is 0. The van der Waals surface area contributed by atoms with Crippen LogP contribution in [0.15, 0.2) is 84.9 Å². The predicted molar refractivity (Wildman–Crippen MR) is 101 cm³/mol. The minimum Gasteiger partial charge on any atom is -0.316 e. The number of amides is 1. The van der Waals surface area contributed by atoms with Crippen LogP contribution in [0.2, 0.25) is 5.02 Å². The molecule has 4 rings (SSSR count). The summed E-state index contributed by atoms with van der Waals surface area (Å²) in [6, 6.07) is 24.7. The Morgan fingerprint density at radius 2 is 1.27 bits per heavy atom. The van der Waals surface area contributed by atoms with E-state index in [1.54, 1.807) is 41.3 Å². The summed E-state index contributed by atoms with van der Waals surface area (Å²) in [5.41, 5.74) is 2.10. The molecule has 0 spiro atoms. The Labute approximate surface area is 156 Å². The molecular weight excluding hydrogens is 346 g/mol. The molecule has 3 aromatic carbocycles. The van der Waals surface area contributed by atoms with Gasteiger partial charge in [-0.2, -0.15) is 0 Å². The molecule has 1 saturated heterocycles. The highest BCUT2D eigenvalue weighted by molar-refractivity contribution is 6.30. The van der Waals surface area contributed by atoms with Crippen molar-refractivity contribution < 1.29 is 9.59 Å². The van der Waals surface area contributed by atoms with Gasteiger partial charge in [0.15, 0.2) is 5.78 Å². The van der Waals surface area contributed by atoms with E-state index < -0.39 is 6.04 Å². The molecule has 128 valence electrons. The Morgan fingerprint density at radius 1 is 0.731 bits per heavy atom. The monoisotopic (exact) mass is 361 g/mol. The van der Waals surface area contributed by atoms with Crippen LogP contribution in [-0.4, -0.2) is 22.6 Å². The topological polar surface area (TPSA) is 37.1 Å². The SMILES string of the molecule is O=C(c1ccccc1)[C@@H]1[C@@H](c2ccc(Cl)cc2)N1C(=O)c1ccccc1. The van der Waals surface area contributed by atoms with Crippen LogP contribution in [0.1, 0.15) is 32.3 Å². The maximum Gasteiger partial charge on any atom is 0.255 e. The molecule has 26 heavy (non-hydrogen) atoms. The van der Waals surface area contributed by atoms with Gasteiger partial charge in [0, 0.05) is 16.1 Å². The summed E-state index contributed by atoms with van der Waals surface area (Å²) < 4.78 is 0. The summed E-state index contributed by atoms with van der Waals surface area (Å²) in [7, 11) is 0. The van der Waals surface area contributed by atoms with E-state index in [9.17, 15) is 9.59 Å². The number of hydrogen-bond acceptors (Lipinski definition) is 2. The van der Waals surface area contributed by atoms with Gasteiger partial charge in [0.25, 0.3) is 5.91 Å². The van der Waals surface area contributed by atoms with Gasteiger partial charge in [-0.05, 0) is 29.8 Å². The Morgan fingerprint density at radius 3 is 1.85 bits per heavy atom. The smallest absolute Gasteiger partial charge is 0.255 e. The molecule has 1 fully saturated rings. The molecule has 1 aliphatic rings. The lowest BCUT2D eigenvalue weighted by Gasteiger charge is -2.05. The van der Waals surface area contributed by atoms with E-state index in [4.69, 9.17) is 11.6 Å². The van der Waals surface area contributed by atoms with Crippen molar-refractivity contribution in [3.8, 4) is 0 Å². The predicted octanol–water partition coefficient (Wildman–Crippen LogP) is 4.79. The van der Waals surface area contributed by atoms with E-state index in [2.05, 4.69) is 0 Å². The summed E-state index contributed by atoms with van der Waals surface area (Å²) in [4.78, 5) is 27.6. The summed E-state index contributed by atoms with van der Waals surface area (Å²) in [6.45, 7) is 0. The molecule has 0 aliphatic carbocycles. The van der Waals surface area contributed by atoms with Crippen molar-refractivity contribution in [3.05, 3.63) is 107 Å². The molecule has 0 N–H and O–H groups in total. The summed E-state index contributed by atoms with van der Waals surface area (Å²) in [5.74, 6) is -0.185. The van der Waals surface area contributed by atoms with Crippen molar-refractivity contribution >= 4 is 23.3 Å². The van der Waals surface area contributed by atoms with Crippen molar-refractivity contribution in [1.82, 2.24) is 4.90 Å². The highest BCUT2D eigenvalue weighted by Gasteiger charge is 2.56. The number of carbonyl (C=O) groups excluding carboxylic acids is 2. The fourth-order valence-corrected chi connectivity index (χ4v) is 3.39. The molecule has 0 radical (unpaired) electrons. The molecule has 0 unspecified atom stereocenters. The van der Waals surface area contributed by atoms with E-state index in [1.165, 1.54) is 0 Å². The van der Waals surface area contributed by atoms with Crippen LogP contribution in [0.5, 0.6) is 0 Å². The summed E-state index contributed by atoms with van der Waals surface area (Å²) >= 11 is 5.98. The zero-order valence-corrected chi connectivity index (χ0v) is 14.6. The maximum atomic E-state index is 13.0. The summed E-state index contributed by atoms with van der Waals surface area (Å²) in [6.07, 6.45) is 0. The van der Waals surface area contributed by atoms with Crippen molar-refractivity contribution in [2.45, 2.75) is 12.1 Å². The molecule has 4 heteroatoms. The second-order valence-corrected chi connectivity index (χ2v) is 6.69. The van der Waals surface area contributed by atoms with Gasteiger partial charge < -0.3 is 4.90 Å². The van der Waals surface area contributed by atoms with Crippen LogP contribution < -0.4 is 0 Å². The zero-order valence-electron chi connectivity index (χ0n) is 13.9. The third-order valence-electron chi connectivity index (χ3n) is 4.60. The number of ketones is 1. The molecule has 2 atom stereocenters. The van der Waals surface area contributed by atoms with Crippen LogP contribution in [0, 0.1) is 0 Å². The molecule has 1 heterocycles. The first-order valence-corrected chi connectivity index (χ1v) is 8.77. The van der Waals surface area contributed by atoms with Crippen molar-refractivity contribution in [1.29, 1.82) is 0 Å². The van der Waals surface area contributed by atoms with Gasteiger partial charge in [0.1, 0.15) is 6.04 Å². The minimum atomic E-state index is -0.494. The molecule has 0 saturated carbocycles. The third-order valence-corrected chi connectivity index (χ3v) is 4.85. The van der Waals surface area contributed by atoms with Crippen LogP contribution in [-0.2, 0) is 0 Å². The summed E-state index contributed by atoms with van der Waals surface area (Å²) in [5, 5.41) is 0.626. The van der Waals surface area contributed by atoms with E-state index >= 15 is 0 Å². The number of nitrogens with zero attached hydrogens (tertiary/aromatic N) is 1. The molecular formula is C22H16ClNO2. The lowest BCUT2D eigenvalue weighted by Crippen LogP contribution is -2.19. The van der Waals surface area contributed by atoms with Crippen molar-refractivity contribution in [2.75, 3.05) is 0 Å². The Kier molecular flexibility index (Phi) is 4.31. The van der Waals surface area contributed by atoms with Gasteiger partial charge in [0.2, 0.25) is 0 Å². The van der Waals surface area contributed by atoms with Crippen molar-refractivity contribution in [2.24, 2.45) is 0 Å². The molecule has 3 nitrogen and oxygen atoms in total. The second-order valence-electron chi connectivity index (χ2n) is 6.25. The highest BCUT2D eigenvalue weighted by atomic mass is 35.5. The molecule has 1 amide bonds. The maximum absolute atomic E-state index is 13.0. The molecule has 1 aliphatic heterocycles. The number of carbonyl (C=O) groups is 2. The molecule has 0 bridgehead atoms. The highest BCUT2D eigenvalue weighted by Crippen LogP contribution is 2.46. The van der Waals surface area contributed by atoms with E-state index in [1.807, 2.05) is 48.5 Å². The first kappa shape index (κ1) is 16.6. The van der Waals surface area contributed by atoms with Gasteiger partial charge in [0.05, 0.1) is 6.04 Å². The first-order valence-electron chi connectivity index (χ1n) is 8.39. The van der Waals surface area contributed by atoms with Crippen molar-refractivity contribution in [3.63, 3.8) is 0 Å². The third kappa shape index (κ3) is 3.02. The van der Waals surface area contributed by atoms with E-state index in [-0.39, 0.29) is 17.7 Å². The molecule has 3 aromatic rings. The van der Waals surface area contributed by atoms with Crippen LogP contribution >= 0.6 is 11.6 Å².